The lowest BCUT2D eigenvalue weighted by atomic mass is 10.1. The van der Waals surface area contributed by atoms with E-state index in [4.69, 9.17) is 9.47 Å². The van der Waals surface area contributed by atoms with Crippen LogP contribution in [0.25, 0.3) is 0 Å². The fourth-order valence-corrected chi connectivity index (χ4v) is 2.97. The molecule has 1 amide bonds. The number of hydrogen-bond acceptors (Lipinski definition) is 6. The van der Waals surface area contributed by atoms with Gasteiger partial charge in [-0.25, -0.2) is 9.97 Å². The molecule has 0 aliphatic carbocycles. The number of hydrogen-bond donors (Lipinski definition) is 2. The summed E-state index contributed by atoms with van der Waals surface area (Å²) < 4.78 is 10.7. The molecule has 0 saturated heterocycles. The monoisotopic (exact) mass is 376 g/mol. The number of fused-ring (bicyclic) bond motifs is 1. The third kappa shape index (κ3) is 3.73. The van der Waals surface area contributed by atoms with E-state index in [-0.39, 0.29) is 18.4 Å². The molecule has 142 valence electrons. The van der Waals surface area contributed by atoms with Gasteiger partial charge in [-0.05, 0) is 42.7 Å². The van der Waals surface area contributed by atoms with Crippen molar-refractivity contribution in [1.82, 2.24) is 9.97 Å². The normalized spacial score (nSPS) is 11.9. The summed E-state index contributed by atoms with van der Waals surface area (Å²) >= 11 is 0. The van der Waals surface area contributed by atoms with E-state index in [0.29, 0.717) is 12.4 Å². The summed E-state index contributed by atoms with van der Waals surface area (Å²) in [6, 6.07) is 11.6. The molecule has 1 aromatic heterocycles. The molecule has 0 radical (unpaired) electrons. The minimum atomic E-state index is -0.285. The molecule has 3 aromatic rings. The van der Waals surface area contributed by atoms with Gasteiger partial charge < -0.3 is 20.1 Å². The zero-order valence-corrected chi connectivity index (χ0v) is 15.7. The molecule has 2 heterocycles. The lowest BCUT2D eigenvalue weighted by Gasteiger charge is -2.11. The van der Waals surface area contributed by atoms with E-state index in [1.54, 1.807) is 6.20 Å². The molecule has 1 aliphatic rings. The van der Waals surface area contributed by atoms with Crippen molar-refractivity contribution in [3.05, 3.63) is 71.2 Å². The first kappa shape index (κ1) is 17.8. The standard InChI is InChI=1S/C21H20N4O3/c1-13-4-3-5-14(2)20(13)25-21(26)16-10-24-19(11-22-16)23-9-15-6-7-17-18(8-15)28-12-27-17/h3-8,10-11H,9,12H2,1-2H3,(H,23,24)(H,25,26). The second-order valence-electron chi connectivity index (χ2n) is 6.55. The lowest BCUT2D eigenvalue weighted by molar-refractivity contribution is 0.102. The van der Waals surface area contributed by atoms with E-state index in [1.165, 1.54) is 6.20 Å². The van der Waals surface area contributed by atoms with Gasteiger partial charge in [0.15, 0.2) is 11.5 Å². The fraction of sp³-hybridized carbons (Fsp3) is 0.190. The Morgan fingerprint density at radius 3 is 2.57 bits per heavy atom. The number of aromatic nitrogens is 2. The van der Waals surface area contributed by atoms with E-state index >= 15 is 0 Å². The maximum absolute atomic E-state index is 12.5. The van der Waals surface area contributed by atoms with Crippen molar-refractivity contribution in [2.45, 2.75) is 20.4 Å². The highest BCUT2D eigenvalue weighted by molar-refractivity contribution is 6.03. The minimum Gasteiger partial charge on any atom is -0.454 e. The molecular weight excluding hydrogens is 356 g/mol. The number of nitrogens with zero attached hydrogens (tertiary/aromatic N) is 2. The molecule has 28 heavy (non-hydrogen) atoms. The second-order valence-corrected chi connectivity index (χ2v) is 6.55. The molecule has 7 heteroatoms. The molecule has 0 atom stereocenters. The zero-order valence-electron chi connectivity index (χ0n) is 15.7. The SMILES string of the molecule is Cc1cccc(C)c1NC(=O)c1cnc(NCc2ccc3c(c2)OCO3)cn1. The van der Waals surface area contributed by atoms with Crippen LogP contribution in [0.2, 0.25) is 0 Å². The van der Waals surface area contributed by atoms with E-state index < -0.39 is 0 Å². The summed E-state index contributed by atoms with van der Waals surface area (Å²) in [4.78, 5) is 21.0. The van der Waals surface area contributed by atoms with Gasteiger partial charge in [-0.15, -0.1) is 0 Å². The summed E-state index contributed by atoms with van der Waals surface area (Å²) in [6.45, 7) is 4.72. The highest BCUT2D eigenvalue weighted by atomic mass is 16.7. The lowest BCUT2D eigenvalue weighted by Crippen LogP contribution is -2.16. The number of aryl methyl sites for hydroxylation is 2. The first-order valence-corrected chi connectivity index (χ1v) is 8.92. The van der Waals surface area contributed by atoms with Gasteiger partial charge in [-0.2, -0.15) is 0 Å². The summed E-state index contributed by atoms with van der Waals surface area (Å²) in [5.41, 5.74) is 4.10. The summed E-state index contributed by atoms with van der Waals surface area (Å²) in [5.74, 6) is 1.79. The van der Waals surface area contributed by atoms with E-state index in [0.717, 1.165) is 33.9 Å². The average Bonchev–Trinajstić information content (AvgIpc) is 3.17. The van der Waals surface area contributed by atoms with Crippen molar-refractivity contribution in [3.8, 4) is 11.5 Å². The highest BCUT2D eigenvalue weighted by Crippen LogP contribution is 2.32. The van der Waals surface area contributed by atoms with Crippen molar-refractivity contribution >= 4 is 17.4 Å². The second kappa shape index (κ2) is 7.56. The number of benzene rings is 2. The average molecular weight is 376 g/mol. The maximum Gasteiger partial charge on any atom is 0.275 e. The van der Waals surface area contributed by atoms with Gasteiger partial charge >= 0.3 is 0 Å². The molecular formula is C21H20N4O3. The molecule has 0 fully saturated rings. The smallest absolute Gasteiger partial charge is 0.275 e. The third-order valence-corrected chi connectivity index (χ3v) is 4.51. The Morgan fingerprint density at radius 1 is 1.04 bits per heavy atom. The number of carbonyl (C=O) groups excluding carboxylic acids is 1. The van der Waals surface area contributed by atoms with Crippen LogP contribution in [-0.2, 0) is 6.54 Å². The number of carbonyl (C=O) groups is 1. The number of para-hydroxylation sites is 1. The number of amides is 1. The van der Waals surface area contributed by atoms with Crippen LogP contribution in [0.4, 0.5) is 11.5 Å². The van der Waals surface area contributed by atoms with Gasteiger partial charge in [0.25, 0.3) is 5.91 Å². The maximum atomic E-state index is 12.5. The summed E-state index contributed by atoms with van der Waals surface area (Å²) in [6.07, 6.45) is 3.01. The van der Waals surface area contributed by atoms with Crippen molar-refractivity contribution in [1.29, 1.82) is 0 Å². The molecule has 0 unspecified atom stereocenters. The Morgan fingerprint density at radius 2 is 1.82 bits per heavy atom. The first-order chi connectivity index (χ1) is 13.6. The molecule has 2 N–H and O–H groups in total. The molecule has 2 aromatic carbocycles. The Labute approximate surface area is 162 Å². The van der Waals surface area contributed by atoms with Crippen molar-refractivity contribution in [2.75, 3.05) is 17.4 Å². The fourth-order valence-electron chi connectivity index (χ4n) is 2.97. The quantitative estimate of drug-likeness (QED) is 0.706. The molecule has 0 bridgehead atoms. The topological polar surface area (TPSA) is 85.4 Å². The van der Waals surface area contributed by atoms with Gasteiger partial charge in [0.2, 0.25) is 6.79 Å². The van der Waals surface area contributed by atoms with E-state index in [9.17, 15) is 4.79 Å². The van der Waals surface area contributed by atoms with Crippen LogP contribution in [0.3, 0.4) is 0 Å². The number of nitrogens with one attached hydrogen (secondary N) is 2. The predicted molar refractivity (Wildman–Crippen MR) is 106 cm³/mol. The van der Waals surface area contributed by atoms with Crippen molar-refractivity contribution < 1.29 is 14.3 Å². The number of rotatable bonds is 5. The van der Waals surface area contributed by atoms with Gasteiger partial charge in [-0.3, -0.25) is 4.79 Å². The molecule has 4 rings (SSSR count). The van der Waals surface area contributed by atoms with Crippen LogP contribution >= 0.6 is 0 Å². The van der Waals surface area contributed by atoms with Gasteiger partial charge in [0.05, 0.1) is 12.4 Å². The van der Waals surface area contributed by atoms with E-state index in [1.807, 2.05) is 50.2 Å². The van der Waals surface area contributed by atoms with Crippen LogP contribution in [0, 0.1) is 13.8 Å². The van der Waals surface area contributed by atoms with Crippen molar-refractivity contribution in [3.63, 3.8) is 0 Å². The van der Waals surface area contributed by atoms with Crippen LogP contribution in [-0.4, -0.2) is 22.7 Å². The predicted octanol–water partition coefficient (Wildman–Crippen LogP) is 3.69. The van der Waals surface area contributed by atoms with Gasteiger partial charge in [-0.1, -0.05) is 24.3 Å². The molecule has 0 spiro atoms. The third-order valence-electron chi connectivity index (χ3n) is 4.51. The van der Waals surface area contributed by atoms with Crippen molar-refractivity contribution in [2.24, 2.45) is 0 Å². The van der Waals surface area contributed by atoms with Crippen LogP contribution in [0.5, 0.6) is 11.5 Å². The van der Waals surface area contributed by atoms with Gasteiger partial charge in [0, 0.05) is 12.2 Å². The number of anilines is 2. The Balaban J connectivity index is 1.39. The summed E-state index contributed by atoms with van der Waals surface area (Å²) in [7, 11) is 0. The van der Waals surface area contributed by atoms with Crippen LogP contribution in [0.1, 0.15) is 27.2 Å². The Kier molecular flexibility index (Phi) is 4.80. The highest BCUT2D eigenvalue weighted by Gasteiger charge is 2.14. The minimum absolute atomic E-state index is 0.253. The largest absolute Gasteiger partial charge is 0.454 e. The zero-order chi connectivity index (χ0) is 19.5. The molecule has 0 saturated carbocycles. The molecule has 7 nitrogen and oxygen atoms in total. The molecule has 1 aliphatic heterocycles. The Hall–Kier alpha value is -3.61. The summed E-state index contributed by atoms with van der Waals surface area (Å²) in [5, 5.41) is 6.09. The van der Waals surface area contributed by atoms with E-state index in [2.05, 4.69) is 20.6 Å². The van der Waals surface area contributed by atoms with Gasteiger partial charge in [0.1, 0.15) is 11.5 Å². The Bertz CT molecular complexity index is 998. The van der Waals surface area contributed by atoms with Crippen LogP contribution in [0.15, 0.2) is 48.8 Å². The first-order valence-electron chi connectivity index (χ1n) is 8.92. The van der Waals surface area contributed by atoms with Crippen LogP contribution < -0.4 is 20.1 Å². The number of ether oxygens (including phenoxy) is 2.